The maximum Gasteiger partial charge on any atom is 0.258 e. The molecule has 1 aliphatic rings. The Hall–Kier alpha value is -1.72. The van der Waals surface area contributed by atoms with Gasteiger partial charge in [0.1, 0.15) is 0 Å². The molecule has 5 heteroatoms. The second-order valence-corrected chi connectivity index (χ2v) is 5.74. The molecule has 1 unspecified atom stereocenters. The van der Waals surface area contributed by atoms with E-state index < -0.39 is 0 Å². The Balaban J connectivity index is 1.82. The molecule has 0 amide bonds. The molecule has 112 valence electrons. The lowest BCUT2D eigenvalue weighted by atomic mass is 10.1. The van der Waals surface area contributed by atoms with E-state index in [0.29, 0.717) is 5.89 Å². The molecule has 2 heterocycles. The van der Waals surface area contributed by atoms with Crippen molar-refractivity contribution >= 4 is 0 Å². The number of piperazine rings is 1. The lowest BCUT2D eigenvalue weighted by molar-refractivity contribution is 0.176. The molecule has 0 bridgehead atoms. The zero-order valence-electron chi connectivity index (χ0n) is 12.9. The third-order valence-corrected chi connectivity index (χ3v) is 4.13. The molecule has 5 nitrogen and oxygen atoms in total. The fraction of sp³-hybridized carbons (Fsp3) is 0.500. The molecule has 1 aromatic carbocycles. The van der Waals surface area contributed by atoms with Gasteiger partial charge in [-0.1, -0.05) is 22.9 Å². The maximum atomic E-state index is 5.48. The number of rotatable bonds is 3. The van der Waals surface area contributed by atoms with Gasteiger partial charge in [0.05, 0.1) is 6.04 Å². The fourth-order valence-corrected chi connectivity index (χ4v) is 2.80. The standard InChI is InChI=1S/C16H22N4O/c1-11-4-5-14(12(2)10-11)16-18-15(19-21-16)13(3)20-8-6-17-7-9-20/h4-5,10,13,17H,6-9H2,1-3H3. The van der Waals surface area contributed by atoms with E-state index in [1.807, 2.05) is 0 Å². The van der Waals surface area contributed by atoms with Crippen molar-refractivity contribution in [3.63, 3.8) is 0 Å². The lowest BCUT2D eigenvalue weighted by Crippen LogP contribution is -2.44. The second kappa shape index (κ2) is 5.95. The summed E-state index contributed by atoms with van der Waals surface area (Å²) in [5, 5.41) is 7.54. The summed E-state index contributed by atoms with van der Waals surface area (Å²) in [6.45, 7) is 10.4. The van der Waals surface area contributed by atoms with Gasteiger partial charge in [0.25, 0.3) is 5.89 Å². The van der Waals surface area contributed by atoms with Crippen LogP contribution in [0.4, 0.5) is 0 Å². The van der Waals surface area contributed by atoms with Crippen molar-refractivity contribution in [2.45, 2.75) is 26.8 Å². The van der Waals surface area contributed by atoms with Crippen LogP contribution in [0.25, 0.3) is 11.5 Å². The largest absolute Gasteiger partial charge is 0.334 e. The van der Waals surface area contributed by atoms with Gasteiger partial charge in [-0.05, 0) is 32.4 Å². The highest BCUT2D eigenvalue weighted by Gasteiger charge is 2.23. The summed E-state index contributed by atoms with van der Waals surface area (Å²) in [7, 11) is 0. The SMILES string of the molecule is Cc1ccc(-c2nc(C(C)N3CCNCC3)no2)c(C)c1. The molecule has 0 radical (unpaired) electrons. The van der Waals surface area contributed by atoms with Crippen molar-refractivity contribution in [3.05, 3.63) is 35.2 Å². The maximum absolute atomic E-state index is 5.48. The fourth-order valence-electron chi connectivity index (χ4n) is 2.80. The quantitative estimate of drug-likeness (QED) is 0.938. The van der Waals surface area contributed by atoms with E-state index in [-0.39, 0.29) is 6.04 Å². The van der Waals surface area contributed by atoms with Crippen molar-refractivity contribution in [2.75, 3.05) is 26.2 Å². The zero-order chi connectivity index (χ0) is 14.8. The molecule has 1 fully saturated rings. The average Bonchev–Trinajstić information content (AvgIpc) is 2.97. The highest BCUT2D eigenvalue weighted by molar-refractivity contribution is 5.58. The van der Waals surface area contributed by atoms with Crippen LogP contribution in [0.3, 0.4) is 0 Å². The van der Waals surface area contributed by atoms with Gasteiger partial charge in [0, 0.05) is 31.7 Å². The molecule has 2 aromatic rings. The minimum Gasteiger partial charge on any atom is -0.334 e. The van der Waals surface area contributed by atoms with Gasteiger partial charge >= 0.3 is 0 Å². The Morgan fingerprint density at radius 2 is 2.00 bits per heavy atom. The van der Waals surface area contributed by atoms with Gasteiger partial charge in [-0.2, -0.15) is 4.98 Å². The topological polar surface area (TPSA) is 54.2 Å². The van der Waals surface area contributed by atoms with Crippen LogP contribution < -0.4 is 5.32 Å². The summed E-state index contributed by atoms with van der Waals surface area (Å²) < 4.78 is 5.48. The van der Waals surface area contributed by atoms with Crippen LogP contribution in [0.1, 0.15) is 29.9 Å². The number of nitrogens with one attached hydrogen (secondary N) is 1. The van der Waals surface area contributed by atoms with E-state index in [9.17, 15) is 0 Å². The molecule has 1 aromatic heterocycles. The monoisotopic (exact) mass is 286 g/mol. The predicted octanol–water partition coefficient (Wildman–Crippen LogP) is 2.32. The molecular formula is C16H22N4O. The van der Waals surface area contributed by atoms with E-state index >= 15 is 0 Å². The van der Waals surface area contributed by atoms with Crippen LogP contribution in [0.5, 0.6) is 0 Å². The zero-order valence-corrected chi connectivity index (χ0v) is 12.9. The molecule has 1 aliphatic heterocycles. The Kier molecular flexibility index (Phi) is 4.03. The summed E-state index contributed by atoms with van der Waals surface area (Å²) in [5.74, 6) is 1.39. The average molecular weight is 286 g/mol. The van der Waals surface area contributed by atoms with Crippen molar-refractivity contribution in [1.82, 2.24) is 20.4 Å². The first-order valence-electron chi connectivity index (χ1n) is 7.51. The highest BCUT2D eigenvalue weighted by Crippen LogP contribution is 2.25. The van der Waals surface area contributed by atoms with Gasteiger partial charge in [0.2, 0.25) is 0 Å². The number of benzene rings is 1. The summed E-state index contributed by atoms with van der Waals surface area (Å²) in [5.41, 5.74) is 3.43. The third-order valence-electron chi connectivity index (χ3n) is 4.13. The molecule has 1 atom stereocenters. The first-order chi connectivity index (χ1) is 10.1. The summed E-state index contributed by atoms with van der Waals surface area (Å²) in [6.07, 6.45) is 0. The number of hydrogen-bond acceptors (Lipinski definition) is 5. The Morgan fingerprint density at radius 1 is 1.24 bits per heavy atom. The molecule has 0 spiro atoms. The van der Waals surface area contributed by atoms with Crippen molar-refractivity contribution in [3.8, 4) is 11.5 Å². The number of aromatic nitrogens is 2. The molecule has 1 saturated heterocycles. The van der Waals surface area contributed by atoms with Crippen molar-refractivity contribution < 1.29 is 4.52 Å². The van der Waals surface area contributed by atoms with Crippen LogP contribution >= 0.6 is 0 Å². The van der Waals surface area contributed by atoms with Gasteiger partial charge in [-0.15, -0.1) is 0 Å². The minimum atomic E-state index is 0.190. The Morgan fingerprint density at radius 3 is 2.71 bits per heavy atom. The van der Waals surface area contributed by atoms with Crippen molar-refractivity contribution in [1.29, 1.82) is 0 Å². The summed E-state index contributed by atoms with van der Waals surface area (Å²) in [4.78, 5) is 6.99. The van der Waals surface area contributed by atoms with Gasteiger partial charge in [-0.3, -0.25) is 4.90 Å². The molecule has 0 saturated carbocycles. The number of hydrogen-bond donors (Lipinski definition) is 1. The summed E-state index contributed by atoms with van der Waals surface area (Å²) >= 11 is 0. The predicted molar refractivity (Wildman–Crippen MR) is 82.1 cm³/mol. The Bertz CT molecular complexity index is 616. The van der Waals surface area contributed by atoms with E-state index in [2.05, 4.69) is 59.3 Å². The highest BCUT2D eigenvalue weighted by atomic mass is 16.5. The van der Waals surface area contributed by atoms with Gasteiger partial charge < -0.3 is 9.84 Å². The van der Waals surface area contributed by atoms with Crippen molar-refractivity contribution in [2.24, 2.45) is 0 Å². The van der Waals surface area contributed by atoms with Gasteiger partial charge in [-0.25, -0.2) is 0 Å². The van der Waals surface area contributed by atoms with Crippen LogP contribution in [0.2, 0.25) is 0 Å². The second-order valence-electron chi connectivity index (χ2n) is 5.74. The van der Waals surface area contributed by atoms with Crippen LogP contribution in [-0.4, -0.2) is 41.2 Å². The van der Waals surface area contributed by atoms with E-state index in [4.69, 9.17) is 4.52 Å². The number of nitrogens with zero attached hydrogens (tertiary/aromatic N) is 3. The van der Waals surface area contributed by atoms with E-state index in [1.54, 1.807) is 0 Å². The molecule has 1 N–H and O–H groups in total. The molecule has 3 rings (SSSR count). The van der Waals surface area contributed by atoms with E-state index in [1.165, 1.54) is 11.1 Å². The molecule has 21 heavy (non-hydrogen) atoms. The number of aryl methyl sites for hydroxylation is 2. The third kappa shape index (κ3) is 2.99. The van der Waals surface area contributed by atoms with Crippen LogP contribution in [0, 0.1) is 13.8 Å². The van der Waals surface area contributed by atoms with E-state index in [0.717, 1.165) is 37.6 Å². The first kappa shape index (κ1) is 14.2. The van der Waals surface area contributed by atoms with Gasteiger partial charge in [0.15, 0.2) is 5.82 Å². The van der Waals surface area contributed by atoms with Crippen LogP contribution in [0.15, 0.2) is 22.7 Å². The summed E-state index contributed by atoms with van der Waals surface area (Å²) in [6, 6.07) is 6.46. The van der Waals surface area contributed by atoms with Crippen LogP contribution in [-0.2, 0) is 0 Å². The molecular weight excluding hydrogens is 264 g/mol. The minimum absolute atomic E-state index is 0.190. The smallest absolute Gasteiger partial charge is 0.258 e. The normalized spacial score (nSPS) is 17.9. The lowest BCUT2D eigenvalue weighted by Gasteiger charge is -2.30. The molecule has 0 aliphatic carbocycles. The first-order valence-corrected chi connectivity index (χ1v) is 7.51. The Labute approximate surface area is 125 Å².